The van der Waals surface area contributed by atoms with E-state index in [2.05, 4.69) is 39.6 Å². The van der Waals surface area contributed by atoms with Gasteiger partial charge in [-0.15, -0.1) is 0 Å². The van der Waals surface area contributed by atoms with E-state index in [1.54, 1.807) is 4.68 Å². The third-order valence-electron chi connectivity index (χ3n) is 5.05. The van der Waals surface area contributed by atoms with Gasteiger partial charge in [0.1, 0.15) is 0 Å². The molecule has 1 aromatic heterocycles. The van der Waals surface area contributed by atoms with Crippen LogP contribution >= 0.6 is 0 Å². The van der Waals surface area contributed by atoms with Gasteiger partial charge in [-0.25, -0.2) is 4.79 Å². The Labute approximate surface area is 155 Å². The van der Waals surface area contributed by atoms with E-state index in [4.69, 9.17) is 0 Å². The van der Waals surface area contributed by atoms with Gasteiger partial charge in [-0.05, 0) is 36.9 Å². The van der Waals surface area contributed by atoms with Gasteiger partial charge in [0.15, 0.2) is 0 Å². The Bertz CT molecular complexity index is 699. The predicted molar refractivity (Wildman–Crippen MR) is 103 cm³/mol. The molecule has 1 aliphatic rings. The fourth-order valence-electron chi connectivity index (χ4n) is 3.54. The quantitative estimate of drug-likeness (QED) is 0.865. The first-order valence-corrected chi connectivity index (χ1v) is 9.36. The van der Waals surface area contributed by atoms with Crippen molar-refractivity contribution in [1.29, 1.82) is 0 Å². The molecule has 1 N–H and O–H groups in total. The van der Waals surface area contributed by atoms with Crippen molar-refractivity contribution in [2.75, 3.05) is 26.7 Å². The topological polar surface area (TPSA) is 53.4 Å². The Morgan fingerprint density at radius 1 is 1.31 bits per heavy atom. The Kier molecular flexibility index (Phi) is 6.28. The van der Waals surface area contributed by atoms with E-state index in [0.717, 1.165) is 44.5 Å². The number of rotatable bonds is 6. The molecule has 140 valence electrons. The summed E-state index contributed by atoms with van der Waals surface area (Å²) in [5.41, 5.74) is 2.47. The van der Waals surface area contributed by atoms with Crippen LogP contribution in [0.4, 0.5) is 4.79 Å². The van der Waals surface area contributed by atoms with Crippen LogP contribution < -0.4 is 5.32 Å². The minimum Gasteiger partial charge on any atom is -0.338 e. The molecule has 2 aromatic rings. The summed E-state index contributed by atoms with van der Waals surface area (Å²) in [6, 6.07) is 10.8. The number of piperidine rings is 1. The van der Waals surface area contributed by atoms with Crippen LogP contribution in [0.1, 0.15) is 24.0 Å². The number of amides is 2. The summed E-state index contributed by atoms with van der Waals surface area (Å²) in [6.07, 6.45) is 6.83. The predicted octanol–water partition coefficient (Wildman–Crippen LogP) is 2.27. The van der Waals surface area contributed by atoms with E-state index in [9.17, 15) is 4.79 Å². The molecule has 1 atom stereocenters. The average molecular weight is 355 g/mol. The average Bonchev–Trinajstić information content (AvgIpc) is 3.07. The largest absolute Gasteiger partial charge is 0.338 e. The summed E-state index contributed by atoms with van der Waals surface area (Å²) in [5.74, 6) is 0. The molecule has 0 spiro atoms. The molecule has 2 heterocycles. The fraction of sp³-hybridized carbons (Fsp3) is 0.500. The number of nitrogens with zero attached hydrogens (tertiary/aromatic N) is 4. The Morgan fingerprint density at radius 2 is 2.12 bits per heavy atom. The molecule has 1 fully saturated rings. The van der Waals surface area contributed by atoms with Crippen molar-refractivity contribution in [2.24, 2.45) is 7.05 Å². The number of carbonyl (C=O) groups excluding carboxylic acids is 1. The Balaban J connectivity index is 1.45. The van der Waals surface area contributed by atoms with Crippen LogP contribution in [0.3, 0.4) is 0 Å². The first kappa shape index (κ1) is 18.5. The highest BCUT2D eigenvalue weighted by Crippen LogP contribution is 2.17. The molecular formula is C20H29N5O. The van der Waals surface area contributed by atoms with Crippen molar-refractivity contribution in [3.63, 3.8) is 0 Å². The summed E-state index contributed by atoms with van der Waals surface area (Å²) in [7, 11) is 3.82. The van der Waals surface area contributed by atoms with Crippen molar-refractivity contribution < 1.29 is 4.79 Å². The molecule has 1 aliphatic heterocycles. The summed E-state index contributed by atoms with van der Waals surface area (Å²) >= 11 is 0. The number of benzene rings is 1. The van der Waals surface area contributed by atoms with Crippen LogP contribution in [0.25, 0.3) is 0 Å². The molecule has 1 unspecified atom stereocenters. The summed E-state index contributed by atoms with van der Waals surface area (Å²) in [5, 5.41) is 7.19. The van der Waals surface area contributed by atoms with Crippen LogP contribution in [0.2, 0.25) is 0 Å². The number of likely N-dealkylation sites (N-methyl/N-ethyl adjacent to an activating group) is 1. The molecule has 6 heteroatoms. The zero-order valence-electron chi connectivity index (χ0n) is 15.8. The minimum atomic E-state index is 0.0143. The smallest absolute Gasteiger partial charge is 0.317 e. The maximum absolute atomic E-state index is 12.5. The summed E-state index contributed by atoms with van der Waals surface area (Å²) < 4.78 is 1.78. The number of carbonyl (C=O) groups is 1. The van der Waals surface area contributed by atoms with Gasteiger partial charge in [-0.2, -0.15) is 5.10 Å². The molecular weight excluding hydrogens is 326 g/mol. The van der Waals surface area contributed by atoms with Crippen molar-refractivity contribution in [2.45, 2.75) is 31.8 Å². The zero-order valence-corrected chi connectivity index (χ0v) is 15.8. The molecule has 2 amide bonds. The lowest BCUT2D eigenvalue weighted by Crippen LogP contribution is -2.51. The number of hydrogen-bond donors (Lipinski definition) is 1. The number of nitrogens with one attached hydrogen (secondary N) is 1. The van der Waals surface area contributed by atoms with Crippen molar-refractivity contribution in [3.05, 3.63) is 53.9 Å². The molecule has 0 aliphatic carbocycles. The van der Waals surface area contributed by atoms with E-state index >= 15 is 0 Å². The van der Waals surface area contributed by atoms with E-state index in [1.165, 1.54) is 5.56 Å². The SMILES string of the molecule is CN(C(=O)NCCc1cnn(C)c1)C1CCCN(Cc2ccccc2)C1. The first-order valence-electron chi connectivity index (χ1n) is 9.36. The summed E-state index contributed by atoms with van der Waals surface area (Å²) in [4.78, 5) is 16.8. The number of hydrogen-bond acceptors (Lipinski definition) is 3. The van der Waals surface area contributed by atoms with Crippen LogP contribution in [-0.4, -0.2) is 58.3 Å². The summed E-state index contributed by atoms with van der Waals surface area (Å²) in [6.45, 7) is 3.62. The molecule has 1 aromatic carbocycles. The van der Waals surface area contributed by atoms with Gasteiger partial charge in [-0.3, -0.25) is 9.58 Å². The number of aryl methyl sites for hydroxylation is 1. The number of likely N-dealkylation sites (tertiary alicyclic amines) is 1. The minimum absolute atomic E-state index is 0.0143. The second-order valence-electron chi connectivity index (χ2n) is 7.13. The standard InChI is InChI=1S/C20H29N5O/c1-23-14-18(13-22-23)10-11-21-20(26)24(2)19-9-6-12-25(16-19)15-17-7-4-3-5-8-17/h3-5,7-8,13-14,19H,6,9-12,15-16H2,1-2H3,(H,21,26). The second-order valence-corrected chi connectivity index (χ2v) is 7.13. The van der Waals surface area contributed by atoms with E-state index in [1.807, 2.05) is 37.5 Å². The van der Waals surface area contributed by atoms with E-state index in [-0.39, 0.29) is 12.1 Å². The fourth-order valence-corrected chi connectivity index (χ4v) is 3.54. The van der Waals surface area contributed by atoms with E-state index < -0.39 is 0 Å². The van der Waals surface area contributed by atoms with Crippen molar-refractivity contribution in [3.8, 4) is 0 Å². The zero-order chi connectivity index (χ0) is 18.4. The van der Waals surface area contributed by atoms with E-state index in [0.29, 0.717) is 6.54 Å². The van der Waals surface area contributed by atoms with Gasteiger partial charge in [0.05, 0.1) is 6.20 Å². The second kappa shape index (κ2) is 8.85. The van der Waals surface area contributed by atoms with Crippen LogP contribution in [0, 0.1) is 0 Å². The molecule has 1 saturated heterocycles. The van der Waals surface area contributed by atoms with Gasteiger partial charge < -0.3 is 10.2 Å². The number of aromatic nitrogens is 2. The third-order valence-corrected chi connectivity index (χ3v) is 5.05. The normalized spacial score (nSPS) is 17.8. The first-order chi connectivity index (χ1) is 12.6. The molecule has 3 rings (SSSR count). The highest BCUT2D eigenvalue weighted by Gasteiger charge is 2.25. The van der Waals surface area contributed by atoms with Gasteiger partial charge in [-0.1, -0.05) is 30.3 Å². The Morgan fingerprint density at radius 3 is 2.85 bits per heavy atom. The lowest BCUT2D eigenvalue weighted by Gasteiger charge is -2.37. The van der Waals surface area contributed by atoms with Gasteiger partial charge >= 0.3 is 6.03 Å². The molecule has 0 saturated carbocycles. The number of urea groups is 1. The third kappa shape index (κ3) is 5.08. The van der Waals surface area contributed by atoms with Gasteiger partial charge in [0, 0.05) is 46.0 Å². The lowest BCUT2D eigenvalue weighted by molar-refractivity contribution is 0.121. The van der Waals surface area contributed by atoms with Gasteiger partial charge in [0.2, 0.25) is 0 Å². The van der Waals surface area contributed by atoms with Crippen molar-refractivity contribution in [1.82, 2.24) is 24.9 Å². The molecule has 0 bridgehead atoms. The Hall–Kier alpha value is -2.34. The molecule has 0 radical (unpaired) electrons. The van der Waals surface area contributed by atoms with Gasteiger partial charge in [0.25, 0.3) is 0 Å². The highest BCUT2D eigenvalue weighted by molar-refractivity contribution is 5.74. The monoisotopic (exact) mass is 355 g/mol. The van der Waals surface area contributed by atoms with Crippen molar-refractivity contribution >= 4 is 6.03 Å². The maximum Gasteiger partial charge on any atom is 0.317 e. The lowest BCUT2D eigenvalue weighted by atomic mass is 10.0. The maximum atomic E-state index is 12.5. The van der Waals surface area contributed by atoms with Crippen LogP contribution in [0.5, 0.6) is 0 Å². The van der Waals surface area contributed by atoms with Crippen LogP contribution in [0.15, 0.2) is 42.7 Å². The van der Waals surface area contributed by atoms with Crippen LogP contribution in [-0.2, 0) is 20.0 Å². The molecule has 6 nitrogen and oxygen atoms in total. The highest BCUT2D eigenvalue weighted by atomic mass is 16.2. The molecule has 26 heavy (non-hydrogen) atoms.